The van der Waals surface area contributed by atoms with E-state index in [1.54, 1.807) is 0 Å². The zero-order valence-electron chi connectivity index (χ0n) is 15.5. The fourth-order valence-corrected chi connectivity index (χ4v) is 3.71. The molecule has 1 amide bonds. The predicted octanol–water partition coefficient (Wildman–Crippen LogP) is 2.26. The minimum Gasteiger partial charge on any atom is -0.359 e. The highest BCUT2D eigenvalue weighted by atomic mass is 35.5. The average molecular weight is 373 g/mol. The zero-order chi connectivity index (χ0) is 18.5. The maximum atomic E-state index is 12.7. The first-order chi connectivity index (χ1) is 12.6. The molecule has 0 radical (unpaired) electrons. The molecule has 4 nitrogen and oxygen atoms in total. The molecule has 1 fully saturated rings. The number of likely N-dealkylation sites (N-methyl/N-ethyl adjacent to an activating group) is 1. The zero-order valence-corrected chi connectivity index (χ0v) is 16.2. The molecule has 0 unspecified atom stereocenters. The number of benzene rings is 2. The van der Waals surface area contributed by atoms with E-state index in [9.17, 15) is 4.79 Å². The van der Waals surface area contributed by atoms with Crippen LogP contribution in [0.1, 0.15) is 18.5 Å². The number of hydrogen-bond acceptors (Lipinski definition) is 2. The predicted molar refractivity (Wildman–Crippen MR) is 107 cm³/mol. The Hall–Kier alpha value is -2.04. The second kappa shape index (κ2) is 8.56. The van der Waals surface area contributed by atoms with Crippen LogP contribution in [-0.4, -0.2) is 50.6 Å². The van der Waals surface area contributed by atoms with Crippen molar-refractivity contribution in [2.45, 2.75) is 13.0 Å². The minimum absolute atomic E-state index is 0.0903. The van der Waals surface area contributed by atoms with E-state index in [4.69, 9.17) is 11.6 Å². The van der Waals surface area contributed by atoms with Crippen molar-refractivity contribution in [3.05, 3.63) is 65.2 Å². The molecule has 3 rings (SSSR count). The number of hydrogen-bond donors (Lipinski definition) is 1. The Morgan fingerprint density at radius 3 is 2.38 bits per heavy atom. The van der Waals surface area contributed by atoms with Crippen LogP contribution in [0.3, 0.4) is 0 Å². The van der Waals surface area contributed by atoms with Gasteiger partial charge < -0.3 is 14.7 Å². The Morgan fingerprint density at radius 1 is 1.12 bits per heavy atom. The highest BCUT2D eigenvalue weighted by molar-refractivity contribution is 6.33. The lowest BCUT2D eigenvalue weighted by Gasteiger charge is -2.35. The standard InChI is InChI=1S/C21H26ClN3O/c1-17(18-8-4-3-5-9-18)23(2)21(26)16-24-12-14-25(15-13-24)20-11-7-6-10-19(20)22/h3-11,17H,12-16H2,1-2H3/p+1/t17-/m0/s1. The molecule has 0 aliphatic carbocycles. The fraction of sp³-hybridized carbons (Fsp3) is 0.381. The van der Waals surface area contributed by atoms with Crippen LogP contribution in [0.15, 0.2) is 54.6 Å². The lowest BCUT2D eigenvalue weighted by molar-refractivity contribution is -0.892. The molecule has 2 aromatic carbocycles. The number of piperazine rings is 1. The first kappa shape index (κ1) is 18.7. The van der Waals surface area contributed by atoms with Crippen molar-refractivity contribution in [2.75, 3.05) is 44.7 Å². The normalized spacial score (nSPS) is 16.3. The molecule has 1 aliphatic heterocycles. The molecular weight excluding hydrogens is 346 g/mol. The summed E-state index contributed by atoms with van der Waals surface area (Å²) in [4.78, 5) is 18.2. The number of nitrogens with zero attached hydrogens (tertiary/aromatic N) is 2. The van der Waals surface area contributed by atoms with Crippen molar-refractivity contribution in [1.82, 2.24) is 4.90 Å². The van der Waals surface area contributed by atoms with Gasteiger partial charge in [-0.1, -0.05) is 54.1 Å². The summed E-state index contributed by atoms with van der Waals surface area (Å²) in [5, 5.41) is 0.795. The van der Waals surface area contributed by atoms with Crippen LogP contribution in [0, 0.1) is 0 Å². The van der Waals surface area contributed by atoms with E-state index in [2.05, 4.69) is 30.0 Å². The average Bonchev–Trinajstić information content (AvgIpc) is 2.68. The van der Waals surface area contributed by atoms with Gasteiger partial charge in [0.1, 0.15) is 0 Å². The van der Waals surface area contributed by atoms with E-state index in [-0.39, 0.29) is 11.9 Å². The molecule has 2 aromatic rings. The summed E-state index contributed by atoms with van der Waals surface area (Å²) in [5.74, 6) is 0.197. The van der Waals surface area contributed by atoms with Gasteiger partial charge in [-0.05, 0) is 24.6 Å². The number of para-hydroxylation sites is 1. The molecule has 138 valence electrons. The fourth-order valence-electron chi connectivity index (χ4n) is 3.46. The highest BCUT2D eigenvalue weighted by Gasteiger charge is 2.26. The molecule has 1 atom stereocenters. The SMILES string of the molecule is C[C@@H](c1ccccc1)N(C)C(=O)C[NH+]1CCN(c2ccccc2Cl)CC1. The maximum absolute atomic E-state index is 12.7. The third kappa shape index (κ3) is 4.37. The quantitative estimate of drug-likeness (QED) is 0.872. The van der Waals surface area contributed by atoms with E-state index in [0.717, 1.165) is 36.9 Å². The van der Waals surface area contributed by atoms with Crippen LogP contribution in [0.2, 0.25) is 5.02 Å². The van der Waals surface area contributed by atoms with Gasteiger partial charge in [-0.3, -0.25) is 4.79 Å². The van der Waals surface area contributed by atoms with Crippen molar-refractivity contribution in [2.24, 2.45) is 0 Å². The molecule has 1 heterocycles. The molecule has 0 bridgehead atoms. The van der Waals surface area contributed by atoms with Crippen molar-refractivity contribution in [3.63, 3.8) is 0 Å². The topological polar surface area (TPSA) is 28.0 Å². The van der Waals surface area contributed by atoms with Gasteiger partial charge in [-0.25, -0.2) is 0 Å². The van der Waals surface area contributed by atoms with Crippen molar-refractivity contribution >= 4 is 23.2 Å². The smallest absolute Gasteiger partial charge is 0.278 e. The largest absolute Gasteiger partial charge is 0.359 e. The Morgan fingerprint density at radius 2 is 1.73 bits per heavy atom. The summed E-state index contributed by atoms with van der Waals surface area (Å²) in [6, 6.07) is 18.2. The van der Waals surface area contributed by atoms with Gasteiger partial charge in [0, 0.05) is 7.05 Å². The molecule has 0 spiro atoms. The van der Waals surface area contributed by atoms with Gasteiger partial charge in [0.25, 0.3) is 5.91 Å². The highest BCUT2D eigenvalue weighted by Crippen LogP contribution is 2.24. The number of nitrogens with one attached hydrogen (secondary N) is 1. The summed E-state index contributed by atoms with van der Waals surface area (Å²) >= 11 is 6.30. The van der Waals surface area contributed by atoms with Gasteiger partial charge in [0.05, 0.1) is 42.9 Å². The van der Waals surface area contributed by atoms with Crippen LogP contribution in [0.4, 0.5) is 5.69 Å². The summed E-state index contributed by atoms with van der Waals surface area (Å²) < 4.78 is 0. The van der Waals surface area contributed by atoms with E-state index in [1.165, 1.54) is 10.5 Å². The van der Waals surface area contributed by atoms with Gasteiger partial charge in [0.2, 0.25) is 0 Å². The summed E-state index contributed by atoms with van der Waals surface area (Å²) in [6.07, 6.45) is 0. The monoisotopic (exact) mass is 372 g/mol. The first-order valence-electron chi connectivity index (χ1n) is 9.20. The number of carbonyl (C=O) groups excluding carboxylic acids is 1. The maximum Gasteiger partial charge on any atom is 0.278 e. The third-order valence-electron chi connectivity index (χ3n) is 5.32. The van der Waals surface area contributed by atoms with Crippen LogP contribution in [0.5, 0.6) is 0 Å². The Kier molecular flexibility index (Phi) is 6.17. The Labute approximate surface area is 161 Å². The van der Waals surface area contributed by atoms with Crippen LogP contribution < -0.4 is 9.80 Å². The van der Waals surface area contributed by atoms with E-state index in [0.29, 0.717) is 6.54 Å². The molecular formula is C21H27ClN3O+. The van der Waals surface area contributed by atoms with Crippen LogP contribution >= 0.6 is 11.6 Å². The van der Waals surface area contributed by atoms with Crippen molar-refractivity contribution in [3.8, 4) is 0 Å². The lowest BCUT2D eigenvalue weighted by atomic mass is 10.1. The second-order valence-corrected chi connectivity index (χ2v) is 7.36. The van der Waals surface area contributed by atoms with Gasteiger partial charge in [-0.15, -0.1) is 0 Å². The van der Waals surface area contributed by atoms with E-state index >= 15 is 0 Å². The number of amides is 1. The van der Waals surface area contributed by atoms with Gasteiger partial charge in [-0.2, -0.15) is 0 Å². The molecule has 5 heteroatoms. The number of halogens is 1. The van der Waals surface area contributed by atoms with Crippen LogP contribution in [-0.2, 0) is 4.79 Å². The molecule has 26 heavy (non-hydrogen) atoms. The molecule has 0 aromatic heterocycles. The first-order valence-corrected chi connectivity index (χ1v) is 9.57. The Balaban J connectivity index is 1.52. The van der Waals surface area contributed by atoms with E-state index < -0.39 is 0 Å². The molecule has 1 N–H and O–H groups in total. The third-order valence-corrected chi connectivity index (χ3v) is 5.64. The van der Waals surface area contributed by atoms with Crippen LogP contribution in [0.25, 0.3) is 0 Å². The minimum atomic E-state index is 0.0903. The van der Waals surface area contributed by atoms with Gasteiger partial charge >= 0.3 is 0 Å². The summed E-state index contributed by atoms with van der Waals surface area (Å²) in [5.41, 5.74) is 2.26. The summed E-state index contributed by atoms with van der Waals surface area (Å²) in [7, 11) is 1.90. The number of carbonyl (C=O) groups is 1. The Bertz CT molecular complexity index is 729. The van der Waals surface area contributed by atoms with E-state index in [1.807, 2.05) is 48.3 Å². The molecule has 1 saturated heterocycles. The number of rotatable bonds is 5. The number of anilines is 1. The summed E-state index contributed by atoms with van der Waals surface area (Å²) in [6.45, 7) is 6.37. The molecule has 1 aliphatic rings. The van der Waals surface area contributed by atoms with Crippen molar-refractivity contribution < 1.29 is 9.69 Å². The lowest BCUT2D eigenvalue weighted by Crippen LogP contribution is -3.15. The van der Waals surface area contributed by atoms with Crippen molar-refractivity contribution in [1.29, 1.82) is 0 Å². The number of quaternary nitrogens is 1. The molecule has 0 saturated carbocycles. The second-order valence-electron chi connectivity index (χ2n) is 6.96. The van der Waals surface area contributed by atoms with Gasteiger partial charge in [0.15, 0.2) is 6.54 Å².